The van der Waals surface area contributed by atoms with E-state index in [1.54, 1.807) is 14.0 Å². The number of alkyl halides is 9. The van der Waals surface area contributed by atoms with E-state index in [0.29, 0.717) is 6.61 Å². The molecule has 0 heterocycles. The van der Waals surface area contributed by atoms with E-state index < -0.39 is 47.8 Å². The Kier molecular flexibility index (Phi) is 17.8. The van der Waals surface area contributed by atoms with E-state index in [4.69, 9.17) is 0 Å². The smallest absolute Gasteiger partial charge is 0.463 e. The maximum Gasteiger partial charge on any atom is 0.491 e. The topological polar surface area (TPSA) is 119 Å². The molecule has 0 aromatic rings. The lowest BCUT2D eigenvalue weighted by molar-refractivity contribution is -0.412. The van der Waals surface area contributed by atoms with Crippen LogP contribution in [-0.4, -0.2) is 98.7 Å². The maximum atomic E-state index is 12.1. The van der Waals surface area contributed by atoms with E-state index in [2.05, 4.69) is 20.9 Å². The van der Waals surface area contributed by atoms with Crippen molar-refractivity contribution in [1.29, 1.82) is 0 Å². The number of Topliss-reactive ketones (excluding diaryl/α,β-unsaturated/α-hetero) is 1. The minimum Gasteiger partial charge on any atom is -0.463 e. The fraction of sp³-hybridized carbons (Fsp3) is 0.500. The van der Waals surface area contributed by atoms with Crippen LogP contribution >= 0.6 is 0 Å². The molecule has 0 saturated carbocycles. The lowest BCUT2D eigenvalue weighted by Gasteiger charge is -2.11. The summed E-state index contributed by atoms with van der Waals surface area (Å²) in [6, 6.07) is 0. The normalized spacial score (nSPS) is 11.7. The standard InChI is InChI=1S/C9H12F3NO3.C7H12NO2.C4F6O3/c1-4-16-8(15)6(5-13(2)3)7(14)9(10,11)12;1-4-10-7(9)5-6-8(2)3;5-3(6,7)1(11)13-2(12)4(8,9)10/h5H,4H2,1-3H3;5-6H,2,4H2,1,3H3;/q;+1;/b6-5-;6-5+;. The van der Waals surface area contributed by atoms with Gasteiger partial charge in [-0.2, -0.15) is 39.5 Å². The highest BCUT2D eigenvalue weighted by molar-refractivity contribution is 6.19. The Morgan fingerprint density at radius 1 is 0.795 bits per heavy atom. The van der Waals surface area contributed by atoms with Crippen LogP contribution in [-0.2, 0) is 38.2 Å². The van der Waals surface area contributed by atoms with Crippen LogP contribution in [0.1, 0.15) is 13.8 Å². The van der Waals surface area contributed by atoms with Crippen LogP contribution in [0.5, 0.6) is 0 Å². The molecule has 0 N–H and O–H groups in total. The molecule has 0 fully saturated rings. The lowest BCUT2D eigenvalue weighted by atomic mass is 10.2. The summed E-state index contributed by atoms with van der Waals surface area (Å²) in [5, 5.41) is 0. The predicted molar refractivity (Wildman–Crippen MR) is 112 cm³/mol. The predicted octanol–water partition coefficient (Wildman–Crippen LogP) is 2.71. The molecule has 0 saturated heterocycles. The number of ether oxygens (including phenoxy) is 3. The second-order valence-electron chi connectivity index (χ2n) is 6.55. The molecular formula is C20H24F9N2O8+. The van der Waals surface area contributed by atoms with Gasteiger partial charge in [-0.1, -0.05) is 0 Å². The second-order valence-corrected chi connectivity index (χ2v) is 6.55. The highest BCUT2D eigenvalue weighted by atomic mass is 19.4. The summed E-state index contributed by atoms with van der Waals surface area (Å²) in [5.41, 5.74) is -1.03. The molecule has 224 valence electrons. The fourth-order valence-corrected chi connectivity index (χ4v) is 1.40. The molecule has 0 aliphatic heterocycles. The van der Waals surface area contributed by atoms with Crippen LogP contribution in [0.25, 0.3) is 0 Å². The lowest BCUT2D eigenvalue weighted by Crippen LogP contribution is -2.34. The van der Waals surface area contributed by atoms with Crippen LogP contribution in [0.4, 0.5) is 39.5 Å². The second kappa shape index (κ2) is 17.6. The third-order valence-electron chi connectivity index (χ3n) is 2.78. The summed E-state index contributed by atoms with van der Waals surface area (Å²) < 4.78 is 117. The minimum absolute atomic E-state index is 0.102. The summed E-state index contributed by atoms with van der Waals surface area (Å²) >= 11 is 0. The molecule has 0 spiro atoms. The summed E-state index contributed by atoms with van der Waals surface area (Å²) in [7, 11) is 4.52. The number of hydrogen-bond acceptors (Lipinski definition) is 9. The van der Waals surface area contributed by atoms with Crippen molar-refractivity contribution < 1.29 is 82.3 Å². The van der Waals surface area contributed by atoms with E-state index in [1.165, 1.54) is 37.9 Å². The van der Waals surface area contributed by atoms with Crippen LogP contribution in [0.2, 0.25) is 0 Å². The molecule has 0 aromatic heterocycles. The molecule has 10 nitrogen and oxygen atoms in total. The third kappa shape index (κ3) is 20.8. The first kappa shape index (κ1) is 39.6. The van der Waals surface area contributed by atoms with Crippen molar-refractivity contribution in [2.45, 2.75) is 32.4 Å². The Labute approximate surface area is 215 Å². The van der Waals surface area contributed by atoms with Crippen molar-refractivity contribution in [3.8, 4) is 0 Å². The number of esters is 4. The number of rotatable bonds is 7. The molecule has 0 unspecified atom stereocenters. The first-order chi connectivity index (χ1) is 17.4. The number of carbonyl (C=O) groups is 5. The summed E-state index contributed by atoms with van der Waals surface area (Å²) in [6.45, 7) is 7.01. The zero-order valence-electron chi connectivity index (χ0n) is 20.9. The summed E-state index contributed by atoms with van der Waals surface area (Å²) in [4.78, 5) is 53.1. The molecule has 0 aromatic carbocycles. The maximum absolute atomic E-state index is 12.1. The zero-order valence-corrected chi connectivity index (χ0v) is 20.9. The fourth-order valence-electron chi connectivity index (χ4n) is 1.40. The highest BCUT2D eigenvalue weighted by Crippen LogP contribution is 2.22. The van der Waals surface area contributed by atoms with Crippen molar-refractivity contribution in [2.75, 3.05) is 34.4 Å². The molecule has 0 bridgehead atoms. The number of ketones is 1. The Bertz CT molecular complexity index is 911. The SMILES string of the molecule is C=[N+](C)/C=C/C(=O)OCC.CCOC(=O)/C(=C\N(C)C)C(=O)C(F)(F)F.O=C(OC(=O)C(F)(F)F)C(F)(F)F. The van der Waals surface area contributed by atoms with E-state index in [1.807, 2.05) is 0 Å². The van der Waals surface area contributed by atoms with Crippen molar-refractivity contribution in [1.82, 2.24) is 4.90 Å². The van der Waals surface area contributed by atoms with Crippen LogP contribution < -0.4 is 0 Å². The van der Waals surface area contributed by atoms with Gasteiger partial charge in [-0.25, -0.2) is 23.8 Å². The van der Waals surface area contributed by atoms with E-state index in [9.17, 15) is 63.5 Å². The minimum atomic E-state index is -5.62. The third-order valence-corrected chi connectivity index (χ3v) is 2.78. The first-order valence-corrected chi connectivity index (χ1v) is 9.86. The van der Waals surface area contributed by atoms with Crippen molar-refractivity contribution >= 4 is 36.4 Å². The molecule has 19 heteroatoms. The van der Waals surface area contributed by atoms with Gasteiger partial charge in [0.05, 0.1) is 19.3 Å². The summed E-state index contributed by atoms with van der Waals surface area (Å²) in [6.07, 6.45) is -12.7. The van der Waals surface area contributed by atoms with Crippen LogP contribution in [0.3, 0.4) is 0 Å². The molecular weight excluding hydrogens is 567 g/mol. The highest BCUT2D eigenvalue weighted by Gasteiger charge is 2.49. The van der Waals surface area contributed by atoms with Gasteiger partial charge in [0.1, 0.15) is 19.3 Å². The molecule has 0 aliphatic rings. The van der Waals surface area contributed by atoms with Gasteiger partial charge in [-0.15, -0.1) is 0 Å². The van der Waals surface area contributed by atoms with Gasteiger partial charge in [-0.05, 0) is 13.8 Å². The van der Waals surface area contributed by atoms with E-state index in [0.717, 1.165) is 11.1 Å². The average molecular weight is 591 g/mol. The van der Waals surface area contributed by atoms with Crippen molar-refractivity contribution in [3.05, 3.63) is 24.0 Å². The van der Waals surface area contributed by atoms with Crippen LogP contribution in [0, 0.1) is 0 Å². The Morgan fingerprint density at radius 2 is 1.21 bits per heavy atom. The average Bonchev–Trinajstić information content (AvgIpc) is 2.74. The van der Waals surface area contributed by atoms with Gasteiger partial charge in [0, 0.05) is 20.3 Å². The van der Waals surface area contributed by atoms with Gasteiger partial charge in [0.2, 0.25) is 0 Å². The van der Waals surface area contributed by atoms with Crippen molar-refractivity contribution in [3.63, 3.8) is 0 Å². The van der Waals surface area contributed by atoms with Crippen molar-refractivity contribution in [2.24, 2.45) is 0 Å². The molecule has 0 amide bonds. The monoisotopic (exact) mass is 591 g/mol. The zero-order chi connectivity index (χ0) is 31.8. The number of nitrogens with zero attached hydrogens (tertiary/aromatic N) is 2. The largest absolute Gasteiger partial charge is 0.491 e. The van der Waals surface area contributed by atoms with Gasteiger partial charge in [0.15, 0.2) is 6.20 Å². The Morgan fingerprint density at radius 3 is 1.49 bits per heavy atom. The Balaban J connectivity index is -0.000000513. The summed E-state index contributed by atoms with van der Waals surface area (Å²) in [5.74, 6) is -10.2. The van der Waals surface area contributed by atoms with Gasteiger partial charge in [-0.3, -0.25) is 4.79 Å². The number of carbonyl (C=O) groups excluding carboxylic acids is 5. The van der Waals surface area contributed by atoms with Gasteiger partial charge >= 0.3 is 42.4 Å². The molecule has 39 heavy (non-hydrogen) atoms. The first-order valence-electron chi connectivity index (χ1n) is 9.86. The van der Waals surface area contributed by atoms with Crippen LogP contribution in [0.15, 0.2) is 24.0 Å². The van der Waals surface area contributed by atoms with E-state index in [-0.39, 0.29) is 12.6 Å². The van der Waals surface area contributed by atoms with Gasteiger partial charge in [0.25, 0.3) is 5.78 Å². The number of hydrogen-bond donors (Lipinski definition) is 0. The Hall–Kier alpha value is -3.93. The molecule has 0 rings (SSSR count). The van der Waals surface area contributed by atoms with Gasteiger partial charge < -0.3 is 19.1 Å². The van der Waals surface area contributed by atoms with E-state index >= 15 is 0 Å². The molecule has 0 aliphatic carbocycles. The quantitative estimate of drug-likeness (QED) is 0.0644. The number of halogens is 9. The molecule has 0 atom stereocenters. The molecule has 0 radical (unpaired) electrons.